The number of oxazole rings is 1. The third-order valence-electron chi connectivity index (χ3n) is 4.82. The first-order valence-electron chi connectivity index (χ1n) is 8.78. The van der Waals surface area contributed by atoms with Crippen LogP contribution in [0.1, 0.15) is 58.8 Å². The van der Waals surface area contributed by atoms with Crippen LogP contribution in [-0.4, -0.2) is 36.9 Å². The van der Waals surface area contributed by atoms with Crippen molar-refractivity contribution < 1.29 is 9.21 Å². The Morgan fingerprint density at radius 1 is 1.23 bits per heavy atom. The Morgan fingerprint density at radius 2 is 2.04 bits per heavy atom. The van der Waals surface area contributed by atoms with Crippen molar-refractivity contribution in [3.63, 3.8) is 0 Å². The van der Waals surface area contributed by atoms with E-state index in [1.165, 1.54) is 10.6 Å². The van der Waals surface area contributed by atoms with E-state index in [4.69, 9.17) is 4.42 Å². The van der Waals surface area contributed by atoms with Gasteiger partial charge in [-0.1, -0.05) is 0 Å². The van der Waals surface area contributed by atoms with Gasteiger partial charge < -0.3 is 9.32 Å². The number of piperidine rings is 1. The molecule has 0 bridgehead atoms. The summed E-state index contributed by atoms with van der Waals surface area (Å²) in [6, 6.07) is 3.18. The van der Waals surface area contributed by atoms with Crippen LogP contribution >= 0.6 is 0 Å². The molecule has 8 heteroatoms. The van der Waals surface area contributed by atoms with Crippen LogP contribution in [0.25, 0.3) is 5.65 Å². The quantitative estimate of drug-likeness (QED) is 0.761. The third-order valence-corrected chi connectivity index (χ3v) is 4.82. The second-order valence-electron chi connectivity index (χ2n) is 6.80. The van der Waals surface area contributed by atoms with Gasteiger partial charge in [-0.15, -0.1) is 0 Å². The van der Waals surface area contributed by atoms with Crippen molar-refractivity contribution in [2.75, 3.05) is 6.54 Å². The molecule has 1 N–H and O–H groups in total. The molecule has 1 aliphatic heterocycles. The van der Waals surface area contributed by atoms with Crippen LogP contribution < -0.4 is 5.56 Å². The first-order valence-corrected chi connectivity index (χ1v) is 8.78. The summed E-state index contributed by atoms with van der Waals surface area (Å²) in [6.07, 6.45) is 2.77. The monoisotopic (exact) mass is 355 g/mol. The largest absolute Gasteiger partial charge is 0.436 e. The maximum atomic E-state index is 13.0. The highest BCUT2D eigenvalue weighted by Gasteiger charge is 2.33. The summed E-state index contributed by atoms with van der Waals surface area (Å²) in [4.78, 5) is 35.6. The van der Waals surface area contributed by atoms with E-state index in [1.54, 1.807) is 25.7 Å². The molecule has 3 aromatic rings. The number of hydrogen-bond acceptors (Lipinski definition) is 5. The molecule has 26 heavy (non-hydrogen) atoms. The molecule has 0 spiro atoms. The fourth-order valence-corrected chi connectivity index (χ4v) is 3.66. The van der Waals surface area contributed by atoms with Crippen molar-refractivity contribution >= 4 is 11.6 Å². The molecule has 0 aromatic carbocycles. The van der Waals surface area contributed by atoms with Crippen LogP contribution in [0.15, 0.2) is 21.3 Å². The first kappa shape index (κ1) is 16.6. The number of nitrogens with zero attached hydrogens (tertiary/aromatic N) is 4. The van der Waals surface area contributed by atoms with E-state index >= 15 is 0 Å². The minimum Gasteiger partial charge on any atom is -0.436 e. The maximum Gasteiger partial charge on any atom is 0.292 e. The fourth-order valence-electron chi connectivity index (χ4n) is 3.66. The van der Waals surface area contributed by atoms with Crippen LogP contribution in [0.3, 0.4) is 0 Å². The average Bonchev–Trinajstić information content (AvgIpc) is 3.17. The van der Waals surface area contributed by atoms with Crippen LogP contribution in [0.4, 0.5) is 0 Å². The molecule has 0 saturated carbocycles. The summed E-state index contributed by atoms with van der Waals surface area (Å²) < 4.78 is 6.95. The fraction of sp³-hybridized carbons (Fsp3) is 0.444. The van der Waals surface area contributed by atoms with E-state index in [2.05, 4.69) is 15.1 Å². The van der Waals surface area contributed by atoms with E-state index in [9.17, 15) is 9.59 Å². The van der Waals surface area contributed by atoms with Crippen LogP contribution in [-0.2, 0) is 0 Å². The van der Waals surface area contributed by atoms with Crippen molar-refractivity contribution in [3.8, 4) is 0 Å². The highest BCUT2D eigenvalue weighted by molar-refractivity contribution is 5.92. The van der Waals surface area contributed by atoms with Crippen molar-refractivity contribution in [1.82, 2.24) is 24.5 Å². The van der Waals surface area contributed by atoms with E-state index < -0.39 is 0 Å². The minimum absolute atomic E-state index is 0.150. The average molecular weight is 355 g/mol. The number of likely N-dealkylation sites (tertiary alicyclic amines) is 1. The lowest BCUT2D eigenvalue weighted by Gasteiger charge is -2.34. The zero-order chi connectivity index (χ0) is 18.4. The van der Waals surface area contributed by atoms with Gasteiger partial charge in [-0.05, 0) is 33.1 Å². The highest BCUT2D eigenvalue weighted by atomic mass is 16.4. The topological polar surface area (TPSA) is 96.5 Å². The predicted molar refractivity (Wildman–Crippen MR) is 94.2 cm³/mol. The first-order chi connectivity index (χ1) is 12.4. The second-order valence-corrected chi connectivity index (χ2v) is 6.80. The predicted octanol–water partition coefficient (Wildman–Crippen LogP) is 2.30. The smallest absolute Gasteiger partial charge is 0.292 e. The molecule has 1 unspecified atom stereocenters. The van der Waals surface area contributed by atoms with Crippen LogP contribution in [0.2, 0.25) is 0 Å². The van der Waals surface area contributed by atoms with Gasteiger partial charge in [-0.3, -0.25) is 14.7 Å². The van der Waals surface area contributed by atoms with Crippen molar-refractivity contribution in [3.05, 3.63) is 51.2 Å². The number of H-pyrrole nitrogens is 1. The van der Waals surface area contributed by atoms with E-state index in [-0.39, 0.29) is 23.3 Å². The normalized spacial score (nSPS) is 17.8. The number of fused-ring (bicyclic) bond motifs is 1. The molecule has 1 fully saturated rings. The molecular weight excluding hydrogens is 334 g/mol. The third kappa shape index (κ3) is 2.71. The molecule has 1 atom stereocenters. The van der Waals surface area contributed by atoms with E-state index in [0.29, 0.717) is 29.5 Å². The van der Waals surface area contributed by atoms with Gasteiger partial charge in [0.15, 0.2) is 11.5 Å². The van der Waals surface area contributed by atoms with Crippen LogP contribution in [0.5, 0.6) is 0 Å². The number of nitrogens with one attached hydrogen (secondary N) is 1. The SMILES string of the molecule is Cc1cc(=O)n2[nH]c(C3CCCCN3C(=O)c3oc(C)nc3C)cc2n1. The van der Waals surface area contributed by atoms with Gasteiger partial charge in [0, 0.05) is 31.3 Å². The Labute approximate surface area is 149 Å². The summed E-state index contributed by atoms with van der Waals surface area (Å²) in [6.45, 7) is 5.94. The Bertz CT molecular complexity index is 1040. The van der Waals surface area contributed by atoms with Gasteiger partial charge >= 0.3 is 0 Å². The zero-order valence-electron chi connectivity index (χ0n) is 15.1. The Kier molecular flexibility index (Phi) is 3.90. The van der Waals surface area contributed by atoms with Crippen LogP contribution in [0, 0.1) is 20.8 Å². The molecule has 3 aromatic heterocycles. The molecule has 4 rings (SSSR count). The molecule has 1 aliphatic rings. The Morgan fingerprint density at radius 3 is 2.77 bits per heavy atom. The number of rotatable bonds is 2. The lowest BCUT2D eigenvalue weighted by molar-refractivity contribution is 0.0570. The van der Waals surface area contributed by atoms with E-state index in [1.807, 2.05) is 6.07 Å². The number of aromatic nitrogens is 4. The second kappa shape index (κ2) is 6.12. The number of carbonyl (C=O) groups excluding carboxylic acids is 1. The lowest BCUT2D eigenvalue weighted by Crippen LogP contribution is -2.39. The molecule has 0 radical (unpaired) electrons. The van der Waals surface area contributed by atoms with Gasteiger partial charge in [0.05, 0.1) is 17.4 Å². The molecule has 1 amide bonds. The maximum absolute atomic E-state index is 13.0. The lowest BCUT2D eigenvalue weighted by atomic mass is 9.99. The molecule has 0 aliphatic carbocycles. The number of carbonyl (C=O) groups is 1. The number of aromatic amines is 1. The van der Waals surface area contributed by atoms with Crippen molar-refractivity contribution in [2.24, 2.45) is 0 Å². The standard InChI is InChI=1S/C18H21N5O3/c1-10-8-16(24)23-15(19-10)9-13(21-23)14-6-4-5-7-22(14)18(25)17-11(2)20-12(3)26-17/h8-9,14,21H,4-7H2,1-3H3. The summed E-state index contributed by atoms with van der Waals surface area (Å²) in [5.41, 5.74) is 2.48. The van der Waals surface area contributed by atoms with Gasteiger partial charge in [-0.25, -0.2) is 14.5 Å². The molecule has 4 heterocycles. The molecule has 8 nitrogen and oxygen atoms in total. The summed E-state index contributed by atoms with van der Waals surface area (Å²) in [5, 5.41) is 3.12. The summed E-state index contributed by atoms with van der Waals surface area (Å²) in [7, 11) is 0. The number of hydrogen-bond donors (Lipinski definition) is 1. The van der Waals surface area contributed by atoms with Gasteiger partial charge in [0.1, 0.15) is 0 Å². The number of amides is 1. The van der Waals surface area contributed by atoms with E-state index in [0.717, 1.165) is 25.0 Å². The van der Waals surface area contributed by atoms with Crippen molar-refractivity contribution in [1.29, 1.82) is 0 Å². The Hall–Kier alpha value is -2.90. The molecule has 1 saturated heterocycles. The summed E-state index contributed by atoms with van der Waals surface area (Å²) in [5.74, 6) is 0.607. The van der Waals surface area contributed by atoms with Crippen molar-refractivity contribution in [2.45, 2.75) is 46.1 Å². The highest BCUT2D eigenvalue weighted by Crippen LogP contribution is 2.32. The minimum atomic E-state index is -0.164. The number of aryl methyl sites for hydroxylation is 3. The zero-order valence-corrected chi connectivity index (χ0v) is 15.1. The van der Waals surface area contributed by atoms with Gasteiger partial charge in [0.2, 0.25) is 5.76 Å². The van der Waals surface area contributed by atoms with Gasteiger partial charge in [-0.2, -0.15) is 0 Å². The molecule has 136 valence electrons. The Balaban J connectivity index is 1.74. The van der Waals surface area contributed by atoms with Gasteiger partial charge in [0.25, 0.3) is 11.5 Å². The molecular formula is C18H21N5O3. The summed E-state index contributed by atoms with van der Waals surface area (Å²) >= 11 is 0.